The summed E-state index contributed by atoms with van der Waals surface area (Å²) in [6, 6.07) is 13.0. The molecule has 0 bridgehead atoms. The van der Waals surface area contributed by atoms with E-state index in [-0.39, 0.29) is 17.5 Å². The molecule has 3 aromatic rings. The van der Waals surface area contributed by atoms with Crippen molar-refractivity contribution in [3.8, 4) is 11.3 Å². The number of hydrogen-bond acceptors (Lipinski definition) is 4. The van der Waals surface area contributed by atoms with E-state index in [1.54, 1.807) is 16.9 Å². The van der Waals surface area contributed by atoms with Crippen molar-refractivity contribution in [3.63, 3.8) is 0 Å². The van der Waals surface area contributed by atoms with Gasteiger partial charge in [0.05, 0.1) is 24.0 Å². The maximum absolute atomic E-state index is 12.2. The van der Waals surface area contributed by atoms with E-state index in [9.17, 15) is 9.59 Å². The van der Waals surface area contributed by atoms with Gasteiger partial charge in [-0.25, -0.2) is 4.68 Å². The van der Waals surface area contributed by atoms with Crippen molar-refractivity contribution in [1.29, 1.82) is 0 Å². The molecule has 0 atom stereocenters. The zero-order chi connectivity index (χ0) is 18.5. The largest absolute Gasteiger partial charge is 0.350 e. The molecule has 3 rings (SSSR count). The summed E-state index contributed by atoms with van der Waals surface area (Å²) in [6.45, 7) is 4.58. The molecule has 26 heavy (non-hydrogen) atoms. The molecule has 7 nitrogen and oxygen atoms in total. The minimum atomic E-state index is -0.218. The molecule has 2 aromatic heterocycles. The van der Waals surface area contributed by atoms with Gasteiger partial charge in [0, 0.05) is 30.4 Å². The van der Waals surface area contributed by atoms with Gasteiger partial charge in [0.1, 0.15) is 0 Å². The summed E-state index contributed by atoms with van der Waals surface area (Å²) in [5.41, 5.74) is 1.95. The second-order valence-electron chi connectivity index (χ2n) is 6.20. The minimum absolute atomic E-state index is 0.194. The fourth-order valence-electron chi connectivity index (χ4n) is 2.49. The number of benzene rings is 1. The number of nitrogens with one attached hydrogen (secondary N) is 1. The van der Waals surface area contributed by atoms with Crippen molar-refractivity contribution >= 4 is 5.91 Å². The average molecular weight is 351 g/mol. The van der Waals surface area contributed by atoms with Crippen LogP contribution in [0, 0.1) is 0 Å². The first-order chi connectivity index (χ1) is 12.5. The van der Waals surface area contributed by atoms with Crippen molar-refractivity contribution in [2.75, 3.05) is 6.54 Å². The van der Waals surface area contributed by atoms with Gasteiger partial charge in [-0.05, 0) is 19.9 Å². The summed E-state index contributed by atoms with van der Waals surface area (Å²) < 4.78 is 3.09. The van der Waals surface area contributed by atoms with Gasteiger partial charge in [-0.1, -0.05) is 30.3 Å². The molecular formula is C19H21N5O2. The second-order valence-corrected chi connectivity index (χ2v) is 6.20. The third kappa shape index (κ3) is 4.05. The van der Waals surface area contributed by atoms with Gasteiger partial charge in [-0.3, -0.25) is 14.3 Å². The molecule has 1 N–H and O–H groups in total. The Morgan fingerprint density at radius 3 is 2.62 bits per heavy atom. The molecule has 0 aliphatic rings. The number of rotatable bonds is 6. The molecule has 1 amide bonds. The van der Waals surface area contributed by atoms with Crippen LogP contribution in [0.25, 0.3) is 11.3 Å². The Hall–Kier alpha value is -3.22. The standard InChI is InChI=1S/C19H21N5O2/c1-14(2)24-13-16(12-21-24)19(26)20-10-11-23-18(25)9-8-17(22-23)15-6-4-3-5-7-15/h3-9,12-14H,10-11H2,1-2H3,(H,20,26). The van der Waals surface area contributed by atoms with Gasteiger partial charge in [0.15, 0.2) is 0 Å². The quantitative estimate of drug-likeness (QED) is 0.737. The van der Waals surface area contributed by atoms with Crippen LogP contribution in [0.5, 0.6) is 0 Å². The summed E-state index contributed by atoms with van der Waals surface area (Å²) in [5.74, 6) is -0.218. The van der Waals surface area contributed by atoms with Crippen LogP contribution in [0.1, 0.15) is 30.2 Å². The van der Waals surface area contributed by atoms with Crippen molar-refractivity contribution in [3.05, 3.63) is 70.8 Å². The smallest absolute Gasteiger partial charge is 0.266 e. The predicted molar refractivity (Wildman–Crippen MR) is 98.9 cm³/mol. The Kier molecular flexibility index (Phi) is 5.26. The van der Waals surface area contributed by atoms with Crippen molar-refractivity contribution in [2.45, 2.75) is 26.4 Å². The van der Waals surface area contributed by atoms with E-state index in [0.29, 0.717) is 18.7 Å². The Bertz CT molecular complexity index is 944. The van der Waals surface area contributed by atoms with E-state index in [4.69, 9.17) is 0 Å². The zero-order valence-electron chi connectivity index (χ0n) is 14.8. The number of carbonyl (C=O) groups is 1. The molecule has 0 aliphatic heterocycles. The van der Waals surface area contributed by atoms with E-state index in [1.807, 2.05) is 44.2 Å². The molecule has 134 valence electrons. The number of hydrogen-bond donors (Lipinski definition) is 1. The molecule has 7 heteroatoms. The fourth-order valence-corrected chi connectivity index (χ4v) is 2.49. The average Bonchev–Trinajstić information content (AvgIpc) is 3.14. The molecule has 1 aromatic carbocycles. The van der Waals surface area contributed by atoms with Gasteiger partial charge in [-0.15, -0.1) is 0 Å². The highest BCUT2D eigenvalue weighted by molar-refractivity contribution is 5.93. The zero-order valence-corrected chi connectivity index (χ0v) is 14.8. The first kappa shape index (κ1) is 17.6. The highest BCUT2D eigenvalue weighted by Crippen LogP contribution is 2.13. The summed E-state index contributed by atoms with van der Waals surface area (Å²) in [7, 11) is 0. The highest BCUT2D eigenvalue weighted by Gasteiger charge is 2.10. The molecule has 0 radical (unpaired) electrons. The molecular weight excluding hydrogens is 330 g/mol. The predicted octanol–water partition coefficient (Wildman–Crippen LogP) is 2.12. The van der Waals surface area contributed by atoms with Crippen LogP contribution in [0.4, 0.5) is 0 Å². The van der Waals surface area contributed by atoms with E-state index in [1.165, 1.54) is 16.9 Å². The number of aromatic nitrogens is 4. The SMILES string of the molecule is CC(C)n1cc(C(=O)NCCn2nc(-c3ccccc3)ccc2=O)cn1. The lowest BCUT2D eigenvalue weighted by Crippen LogP contribution is -2.31. The third-order valence-corrected chi connectivity index (χ3v) is 3.94. The number of nitrogens with zero attached hydrogens (tertiary/aromatic N) is 4. The lowest BCUT2D eigenvalue weighted by atomic mass is 10.1. The van der Waals surface area contributed by atoms with E-state index in [2.05, 4.69) is 15.5 Å². The van der Waals surface area contributed by atoms with E-state index in [0.717, 1.165) is 11.3 Å². The van der Waals surface area contributed by atoms with Crippen molar-refractivity contribution in [2.24, 2.45) is 0 Å². The summed E-state index contributed by atoms with van der Waals surface area (Å²) in [4.78, 5) is 24.2. The van der Waals surface area contributed by atoms with Gasteiger partial charge >= 0.3 is 0 Å². The lowest BCUT2D eigenvalue weighted by molar-refractivity contribution is 0.0951. The Morgan fingerprint density at radius 2 is 1.92 bits per heavy atom. The minimum Gasteiger partial charge on any atom is -0.350 e. The van der Waals surface area contributed by atoms with Crippen LogP contribution in [-0.4, -0.2) is 32.0 Å². The maximum atomic E-state index is 12.2. The molecule has 0 aliphatic carbocycles. The highest BCUT2D eigenvalue weighted by atomic mass is 16.2. The van der Waals surface area contributed by atoms with Gasteiger partial charge in [0.25, 0.3) is 11.5 Å². The van der Waals surface area contributed by atoms with Gasteiger partial charge in [-0.2, -0.15) is 10.2 Å². The molecule has 0 unspecified atom stereocenters. The topological polar surface area (TPSA) is 81.8 Å². The molecule has 0 saturated heterocycles. The summed E-state index contributed by atoms with van der Waals surface area (Å²) in [5, 5.41) is 11.3. The first-order valence-electron chi connectivity index (χ1n) is 8.50. The van der Waals surface area contributed by atoms with E-state index < -0.39 is 0 Å². The molecule has 0 saturated carbocycles. The second kappa shape index (κ2) is 7.77. The van der Waals surface area contributed by atoms with E-state index >= 15 is 0 Å². The van der Waals surface area contributed by atoms with Crippen LogP contribution >= 0.6 is 0 Å². The summed E-state index contributed by atoms with van der Waals surface area (Å²) >= 11 is 0. The third-order valence-electron chi connectivity index (χ3n) is 3.94. The summed E-state index contributed by atoms with van der Waals surface area (Å²) in [6.07, 6.45) is 3.25. The number of amides is 1. The van der Waals surface area contributed by atoms with Gasteiger partial charge in [0.2, 0.25) is 0 Å². The monoisotopic (exact) mass is 351 g/mol. The first-order valence-corrected chi connectivity index (χ1v) is 8.50. The van der Waals surface area contributed by atoms with Crippen molar-refractivity contribution < 1.29 is 4.79 Å². The van der Waals surface area contributed by atoms with Crippen LogP contribution in [0.3, 0.4) is 0 Å². The molecule has 2 heterocycles. The van der Waals surface area contributed by atoms with Crippen LogP contribution < -0.4 is 10.9 Å². The fraction of sp³-hybridized carbons (Fsp3) is 0.263. The Balaban J connectivity index is 1.64. The Morgan fingerprint density at radius 1 is 1.15 bits per heavy atom. The Labute approximate surface area is 151 Å². The number of carbonyl (C=O) groups excluding carboxylic acids is 1. The van der Waals surface area contributed by atoms with Crippen LogP contribution in [0.15, 0.2) is 59.7 Å². The van der Waals surface area contributed by atoms with Crippen LogP contribution in [0.2, 0.25) is 0 Å². The molecule has 0 fully saturated rings. The lowest BCUT2D eigenvalue weighted by Gasteiger charge is -2.08. The van der Waals surface area contributed by atoms with Gasteiger partial charge < -0.3 is 5.32 Å². The molecule has 0 spiro atoms. The normalized spacial score (nSPS) is 10.9. The van der Waals surface area contributed by atoms with Crippen LogP contribution in [-0.2, 0) is 6.54 Å². The van der Waals surface area contributed by atoms with Crippen molar-refractivity contribution in [1.82, 2.24) is 24.9 Å². The maximum Gasteiger partial charge on any atom is 0.266 e.